The van der Waals surface area contributed by atoms with Gasteiger partial charge in [-0.3, -0.25) is 0 Å². The quantitative estimate of drug-likeness (QED) is 0.847. The van der Waals surface area contributed by atoms with Crippen LogP contribution in [0.5, 0.6) is 0 Å². The number of halogens is 3. The van der Waals surface area contributed by atoms with Gasteiger partial charge in [-0.1, -0.05) is 48.5 Å². The zero-order valence-electron chi connectivity index (χ0n) is 11.6. The summed E-state index contributed by atoms with van der Waals surface area (Å²) in [5.41, 5.74) is 7.24. The number of hydrogen-bond acceptors (Lipinski definition) is 1. The topological polar surface area (TPSA) is 26.0 Å². The van der Waals surface area contributed by atoms with Crippen molar-refractivity contribution >= 4 is 0 Å². The van der Waals surface area contributed by atoms with Gasteiger partial charge in [0.05, 0.1) is 5.56 Å². The van der Waals surface area contributed by atoms with Crippen molar-refractivity contribution in [1.82, 2.24) is 0 Å². The van der Waals surface area contributed by atoms with Crippen molar-refractivity contribution in [2.24, 2.45) is 5.73 Å². The van der Waals surface area contributed by atoms with Crippen LogP contribution in [0.1, 0.15) is 35.6 Å². The molecule has 0 aliphatic heterocycles. The second kappa shape index (κ2) is 6.76. The molecule has 2 aromatic carbocycles. The number of alkyl halides is 3. The number of nitrogens with two attached hydrogens (primary N) is 1. The first-order valence-electron chi connectivity index (χ1n) is 6.93. The van der Waals surface area contributed by atoms with E-state index in [1.165, 1.54) is 12.1 Å². The summed E-state index contributed by atoms with van der Waals surface area (Å²) in [6.45, 7) is 0. The van der Waals surface area contributed by atoms with E-state index in [4.69, 9.17) is 5.73 Å². The van der Waals surface area contributed by atoms with E-state index < -0.39 is 11.7 Å². The predicted molar refractivity (Wildman–Crippen MR) is 77.8 cm³/mol. The van der Waals surface area contributed by atoms with Gasteiger partial charge >= 0.3 is 6.18 Å². The Bertz CT molecular complexity index is 564. The first kappa shape index (κ1) is 15.6. The molecule has 0 heterocycles. The van der Waals surface area contributed by atoms with Gasteiger partial charge in [0.2, 0.25) is 0 Å². The lowest BCUT2D eigenvalue weighted by atomic mass is 9.99. The number of benzene rings is 2. The summed E-state index contributed by atoms with van der Waals surface area (Å²) < 4.78 is 37.9. The third-order valence-electron chi connectivity index (χ3n) is 3.46. The molecular formula is C17H18F3N. The smallest absolute Gasteiger partial charge is 0.324 e. The van der Waals surface area contributed by atoms with Crippen LogP contribution in [0.3, 0.4) is 0 Å². The van der Waals surface area contributed by atoms with Crippen LogP contribution in [0.25, 0.3) is 0 Å². The van der Waals surface area contributed by atoms with Crippen molar-refractivity contribution in [3.63, 3.8) is 0 Å². The Morgan fingerprint density at radius 1 is 0.952 bits per heavy atom. The summed E-state index contributed by atoms with van der Waals surface area (Å²) in [4.78, 5) is 0. The maximum absolute atomic E-state index is 12.6. The molecule has 21 heavy (non-hydrogen) atoms. The van der Waals surface area contributed by atoms with Crippen LogP contribution in [0, 0.1) is 0 Å². The van der Waals surface area contributed by atoms with E-state index in [1.807, 2.05) is 30.3 Å². The molecule has 2 rings (SSSR count). The molecule has 1 atom stereocenters. The summed E-state index contributed by atoms with van der Waals surface area (Å²) in [5, 5.41) is 0. The average Bonchev–Trinajstić information content (AvgIpc) is 2.47. The van der Waals surface area contributed by atoms with E-state index in [-0.39, 0.29) is 6.04 Å². The molecular weight excluding hydrogens is 275 g/mol. The Hall–Kier alpha value is -1.81. The van der Waals surface area contributed by atoms with Crippen LogP contribution in [-0.4, -0.2) is 0 Å². The molecule has 1 nitrogen and oxygen atoms in total. The molecule has 0 saturated heterocycles. The summed E-state index contributed by atoms with van der Waals surface area (Å²) in [7, 11) is 0. The molecule has 2 N–H and O–H groups in total. The molecule has 2 aromatic rings. The van der Waals surface area contributed by atoms with Crippen LogP contribution in [-0.2, 0) is 12.6 Å². The minimum absolute atomic E-state index is 0.0722. The van der Waals surface area contributed by atoms with Gasteiger partial charge in [0.15, 0.2) is 0 Å². The lowest BCUT2D eigenvalue weighted by molar-refractivity contribution is -0.137. The van der Waals surface area contributed by atoms with Crippen molar-refractivity contribution in [1.29, 1.82) is 0 Å². The summed E-state index contributed by atoms with van der Waals surface area (Å²) in [6, 6.07) is 15.1. The zero-order valence-corrected chi connectivity index (χ0v) is 11.6. The van der Waals surface area contributed by atoms with E-state index in [9.17, 15) is 13.2 Å². The minimum atomic E-state index is -4.28. The van der Waals surface area contributed by atoms with Crippen LogP contribution < -0.4 is 5.73 Å². The second-order valence-corrected chi connectivity index (χ2v) is 5.11. The Labute approximate surface area is 122 Å². The van der Waals surface area contributed by atoms with Crippen LogP contribution >= 0.6 is 0 Å². The molecule has 0 aromatic heterocycles. The fourth-order valence-electron chi connectivity index (χ4n) is 2.30. The SMILES string of the molecule is NC(CCCc1cccc(C(F)(F)F)c1)c1ccccc1. The van der Waals surface area contributed by atoms with Crippen molar-refractivity contribution in [2.45, 2.75) is 31.5 Å². The molecule has 4 heteroatoms. The maximum atomic E-state index is 12.6. The summed E-state index contributed by atoms with van der Waals surface area (Å²) >= 11 is 0. The molecule has 0 bridgehead atoms. The Kier molecular flexibility index (Phi) is 5.02. The summed E-state index contributed by atoms with van der Waals surface area (Å²) in [5.74, 6) is 0. The van der Waals surface area contributed by atoms with E-state index in [1.54, 1.807) is 6.07 Å². The molecule has 112 valence electrons. The molecule has 0 fully saturated rings. The third-order valence-corrected chi connectivity index (χ3v) is 3.46. The highest BCUT2D eigenvalue weighted by molar-refractivity contribution is 5.26. The average molecular weight is 293 g/mol. The summed E-state index contributed by atoms with van der Waals surface area (Å²) in [6.07, 6.45) is -2.17. The highest BCUT2D eigenvalue weighted by Crippen LogP contribution is 2.30. The zero-order chi connectivity index (χ0) is 15.3. The number of hydrogen-bond donors (Lipinski definition) is 1. The van der Waals surface area contributed by atoms with Crippen molar-refractivity contribution < 1.29 is 13.2 Å². The van der Waals surface area contributed by atoms with E-state index in [0.717, 1.165) is 24.5 Å². The molecule has 0 saturated carbocycles. The Balaban J connectivity index is 1.89. The normalized spacial score (nSPS) is 13.1. The van der Waals surface area contributed by atoms with Gasteiger partial charge in [-0.25, -0.2) is 0 Å². The Morgan fingerprint density at radius 3 is 2.33 bits per heavy atom. The first-order valence-corrected chi connectivity index (χ1v) is 6.93. The molecule has 0 aliphatic rings. The molecule has 1 unspecified atom stereocenters. The van der Waals surface area contributed by atoms with Crippen molar-refractivity contribution in [3.8, 4) is 0 Å². The Morgan fingerprint density at radius 2 is 1.67 bits per heavy atom. The minimum Gasteiger partial charge on any atom is -0.324 e. The number of aryl methyl sites for hydroxylation is 1. The monoisotopic (exact) mass is 293 g/mol. The highest BCUT2D eigenvalue weighted by Gasteiger charge is 2.30. The van der Waals surface area contributed by atoms with Crippen LogP contribution in [0.2, 0.25) is 0 Å². The first-order chi connectivity index (χ1) is 9.97. The van der Waals surface area contributed by atoms with Gasteiger partial charge in [0.25, 0.3) is 0 Å². The van der Waals surface area contributed by atoms with Crippen LogP contribution in [0.4, 0.5) is 13.2 Å². The van der Waals surface area contributed by atoms with E-state index in [0.29, 0.717) is 12.0 Å². The third kappa shape index (κ3) is 4.60. The molecule has 0 amide bonds. The number of rotatable bonds is 5. The van der Waals surface area contributed by atoms with Crippen LogP contribution in [0.15, 0.2) is 54.6 Å². The van der Waals surface area contributed by atoms with Crippen molar-refractivity contribution in [3.05, 3.63) is 71.3 Å². The molecule has 0 radical (unpaired) electrons. The van der Waals surface area contributed by atoms with Gasteiger partial charge in [0, 0.05) is 6.04 Å². The lowest BCUT2D eigenvalue weighted by Gasteiger charge is -2.12. The van der Waals surface area contributed by atoms with Crippen molar-refractivity contribution in [2.75, 3.05) is 0 Å². The van der Waals surface area contributed by atoms with Gasteiger partial charge in [-0.05, 0) is 36.5 Å². The van der Waals surface area contributed by atoms with E-state index >= 15 is 0 Å². The fraction of sp³-hybridized carbons (Fsp3) is 0.294. The molecule has 0 aliphatic carbocycles. The second-order valence-electron chi connectivity index (χ2n) is 5.11. The van der Waals surface area contributed by atoms with E-state index in [2.05, 4.69) is 0 Å². The van der Waals surface area contributed by atoms with Gasteiger partial charge in [-0.2, -0.15) is 13.2 Å². The predicted octanol–water partition coefficient (Wildman–Crippen LogP) is 4.73. The molecule has 0 spiro atoms. The largest absolute Gasteiger partial charge is 0.416 e. The van der Waals surface area contributed by atoms with Gasteiger partial charge in [0.1, 0.15) is 0 Å². The lowest BCUT2D eigenvalue weighted by Crippen LogP contribution is -2.10. The standard InChI is InChI=1S/C17H18F3N/c18-17(19,20)15-10-4-6-13(12-15)7-5-11-16(21)14-8-2-1-3-9-14/h1-4,6,8-10,12,16H,5,7,11,21H2. The fourth-order valence-corrected chi connectivity index (χ4v) is 2.30. The highest BCUT2D eigenvalue weighted by atomic mass is 19.4. The van der Waals surface area contributed by atoms with Gasteiger partial charge < -0.3 is 5.73 Å². The maximum Gasteiger partial charge on any atom is 0.416 e. The van der Waals surface area contributed by atoms with Gasteiger partial charge in [-0.15, -0.1) is 0 Å².